The maximum atomic E-state index is 12.6. The monoisotopic (exact) mass is 801 g/mol. The number of esters is 2. The van der Waals surface area contributed by atoms with Crippen LogP contribution in [0.15, 0.2) is 48.6 Å². The Hall–Kier alpha value is -2.64. The Bertz CT molecular complexity index is 1160. The zero-order valence-electron chi connectivity index (χ0n) is 33.5. The van der Waals surface area contributed by atoms with Crippen molar-refractivity contribution in [3.05, 3.63) is 48.6 Å². The highest BCUT2D eigenvalue weighted by atomic mass is 31.2. The molecule has 0 aliphatic heterocycles. The van der Waals surface area contributed by atoms with E-state index < -0.39 is 69.9 Å². The number of phosphoric ester groups is 1. The lowest BCUT2D eigenvalue weighted by molar-refractivity contribution is -0.161. The van der Waals surface area contributed by atoms with E-state index in [0.717, 1.165) is 44.9 Å². The predicted molar refractivity (Wildman–Crippen MR) is 215 cm³/mol. The van der Waals surface area contributed by atoms with Gasteiger partial charge in [-0.2, -0.15) is 0 Å². The average molecular weight is 802 g/mol. The molecule has 0 aromatic heterocycles. The number of unbranched alkanes of at least 4 members (excludes halogenated alkanes) is 13. The first kappa shape index (κ1) is 52.4. The minimum atomic E-state index is -4.78. The van der Waals surface area contributed by atoms with Gasteiger partial charge in [-0.3, -0.25) is 23.4 Å². The van der Waals surface area contributed by atoms with Crippen molar-refractivity contribution >= 4 is 25.7 Å². The maximum Gasteiger partial charge on any atom is 0.472 e. The van der Waals surface area contributed by atoms with E-state index in [0.29, 0.717) is 12.8 Å². The number of carboxylic acids is 1. The minimum absolute atomic E-state index is 0.0869. The summed E-state index contributed by atoms with van der Waals surface area (Å²) in [5.41, 5.74) is 5.31. The van der Waals surface area contributed by atoms with Gasteiger partial charge in [0.05, 0.1) is 25.4 Å². The second-order valence-corrected chi connectivity index (χ2v) is 15.3. The molecule has 0 radical (unpaired) electrons. The van der Waals surface area contributed by atoms with Crippen LogP contribution in [0.2, 0.25) is 0 Å². The summed E-state index contributed by atoms with van der Waals surface area (Å²) >= 11 is 0. The minimum Gasteiger partial charge on any atom is -0.480 e. The van der Waals surface area contributed by atoms with Crippen molar-refractivity contribution in [2.24, 2.45) is 5.73 Å². The fraction of sp³-hybridized carbons (Fsp3) is 0.732. The number of hydrogen-bond acceptors (Lipinski definition) is 11. The molecule has 0 aliphatic rings. The summed E-state index contributed by atoms with van der Waals surface area (Å²) in [4.78, 5) is 45.8. The summed E-state index contributed by atoms with van der Waals surface area (Å²) in [6, 6.07) is -1.56. The Morgan fingerprint density at radius 2 is 1.11 bits per heavy atom. The molecule has 0 rings (SSSR count). The van der Waals surface area contributed by atoms with Crippen molar-refractivity contribution < 1.29 is 57.7 Å². The zero-order chi connectivity index (χ0) is 41.0. The van der Waals surface area contributed by atoms with Crippen LogP contribution >= 0.6 is 7.82 Å². The Morgan fingerprint density at radius 1 is 0.636 bits per heavy atom. The molecular weight excluding hydrogens is 729 g/mol. The van der Waals surface area contributed by atoms with Gasteiger partial charge in [-0.05, 0) is 32.1 Å². The molecule has 0 bridgehead atoms. The van der Waals surface area contributed by atoms with Gasteiger partial charge in [0.15, 0.2) is 6.10 Å². The highest BCUT2D eigenvalue weighted by Gasteiger charge is 2.28. The number of aliphatic hydroxyl groups is 2. The van der Waals surface area contributed by atoms with E-state index in [1.54, 1.807) is 24.3 Å². The standard InChI is InChI=1S/C41H72NO12P/c1-3-5-7-8-9-10-11-12-13-17-20-24-30-39(45)51-32-37(33-52-55(49,50)53-34-38(42)41(47)48)54-40(46)31-25-29-36(44)28-23-19-16-14-15-18-22-27-35(43)26-21-6-4-2/h15-16,18-19,22-23,27-28,35-38,43-44H,3-14,17,20-21,24-26,29-34,42H2,1-2H3,(H,47,48)(H,49,50)/b18-15-,19-16-,27-22+,28-23+/t35-,36-,37-,38+/m1/s1. The lowest BCUT2D eigenvalue weighted by Crippen LogP contribution is -2.34. The number of nitrogens with two attached hydrogens (primary N) is 1. The number of ether oxygens (including phenoxy) is 2. The van der Waals surface area contributed by atoms with E-state index in [2.05, 4.69) is 18.4 Å². The molecule has 318 valence electrons. The Balaban J connectivity index is 4.67. The molecule has 0 aliphatic carbocycles. The van der Waals surface area contributed by atoms with Crippen LogP contribution in [0.5, 0.6) is 0 Å². The quantitative estimate of drug-likeness (QED) is 0.0174. The molecule has 6 N–H and O–H groups in total. The van der Waals surface area contributed by atoms with Gasteiger partial charge in [-0.15, -0.1) is 0 Å². The van der Waals surface area contributed by atoms with E-state index in [-0.39, 0.29) is 25.7 Å². The van der Waals surface area contributed by atoms with Crippen LogP contribution in [0.3, 0.4) is 0 Å². The summed E-state index contributed by atoms with van der Waals surface area (Å²) in [5.74, 6) is -2.64. The number of aliphatic carboxylic acids is 1. The molecule has 0 saturated carbocycles. The molecule has 14 heteroatoms. The first-order chi connectivity index (χ1) is 26.4. The summed E-state index contributed by atoms with van der Waals surface area (Å²) in [5, 5.41) is 29.0. The van der Waals surface area contributed by atoms with Gasteiger partial charge in [0.1, 0.15) is 12.6 Å². The zero-order valence-corrected chi connectivity index (χ0v) is 34.4. The van der Waals surface area contributed by atoms with Crippen molar-refractivity contribution in [2.45, 2.75) is 173 Å². The van der Waals surface area contributed by atoms with Gasteiger partial charge in [0, 0.05) is 12.8 Å². The fourth-order valence-electron chi connectivity index (χ4n) is 5.22. The number of carbonyl (C=O) groups is 3. The van der Waals surface area contributed by atoms with Crippen LogP contribution in [-0.2, 0) is 37.5 Å². The Kier molecular flexibility index (Phi) is 34.0. The first-order valence-electron chi connectivity index (χ1n) is 20.4. The van der Waals surface area contributed by atoms with Crippen LogP contribution in [0, 0.1) is 0 Å². The van der Waals surface area contributed by atoms with Crippen molar-refractivity contribution in [1.82, 2.24) is 0 Å². The van der Waals surface area contributed by atoms with Crippen molar-refractivity contribution in [1.29, 1.82) is 0 Å². The lowest BCUT2D eigenvalue weighted by atomic mass is 10.0. The molecule has 0 fully saturated rings. The van der Waals surface area contributed by atoms with E-state index in [4.69, 9.17) is 24.8 Å². The third kappa shape index (κ3) is 35.5. The van der Waals surface area contributed by atoms with E-state index in [9.17, 15) is 34.1 Å². The number of allylic oxidation sites excluding steroid dienone is 6. The second-order valence-electron chi connectivity index (χ2n) is 13.8. The topological polar surface area (TPSA) is 212 Å². The van der Waals surface area contributed by atoms with Crippen LogP contribution in [0.4, 0.5) is 0 Å². The molecule has 5 atom stereocenters. The van der Waals surface area contributed by atoms with Crippen LogP contribution in [0.1, 0.15) is 149 Å². The molecule has 55 heavy (non-hydrogen) atoms. The third-order valence-corrected chi connectivity index (χ3v) is 9.49. The average Bonchev–Trinajstić information content (AvgIpc) is 3.14. The lowest BCUT2D eigenvalue weighted by Gasteiger charge is -2.20. The van der Waals surface area contributed by atoms with Gasteiger partial charge < -0.3 is 35.4 Å². The van der Waals surface area contributed by atoms with Crippen LogP contribution < -0.4 is 5.73 Å². The van der Waals surface area contributed by atoms with Gasteiger partial charge in [0.2, 0.25) is 0 Å². The van der Waals surface area contributed by atoms with Crippen LogP contribution in [-0.4, -0.2) is 82.3 Å². The first-order valence-corrected chi connectivity index (χ1v) is 21.9. The molecule has 0 aromatic carbocycles. The number of carboxylic acid groups (broad SMARTS) is 1. The van der Waals surface area contributed by atoms with Gasteiger partial charge in [-0.1, -0.05) is 152 Å². The number of phosphoric acid groups is 1. The largest absolute Gasteiger partial charge is 0.480 e. The maximum absolute atomic E-state index is 12.6. The molecule has 0 amide bonds. The number of aliphatic hydroxyl groups excluding tert-OH is 2. The molecular formula is C41H72NO12P. The van der Waals surface area contributed by atoms with Gasteiger partial charge in [0.25, 0.3) is 0 Å². The fourth-order valence-corrected chi connectivity index (χ4v) is 6.00. The SMILES string of the molecule is CCCCCCCCCCCCCCC(=O)OC[C@H](COP(=O)(O)OC[C@H](N)C(=O)O)OC(=O)CCC[C@H](O)/C=C/C=C\C/C=C\C=C\[C@H](O)CCCCC. The van der Waals surface area contributed by atoms with E-state index >= 15 is 0 Å². The number of rotatable bonds is 37. The smallest absolute Gasteiger partial charge is 0.472 e. The number of carbonyl (C=O) groups excluding carboxylic acids is 2. The Labute approximate surface area is 330 Å². The second kappa shape index (κ2) is 35.8. The highest BCUT2D eigenvalue weighted by Crippen LogP contribution is 2.43. The summed E-state index contributed by atoms with van der Waals surface area (Å²) < 4.78 is 32.4. The van der Waals surface area contributed by atoms with Crippen molar-refractivity contribution in [3.63, 3.8) is 0 Å². The highest BCUT2D eigenvalue weighted by molar-refractivity contribution is 7.47. The third-order valence-electron chi connectivity index (χ3n) is 8.54. The molecule has 13 nitrogen and oxygen atoms in total. The summed E-state index contributed by atoms with van der Waals surface area (Å²) in [6.45, 7) is 2.45. The molecule has 1 unspecified atom stereocenters. The summed E-state index contributed by atoms with van der Waals surface area (Å²) in [6.07, 6.45) is 31.1. The molecule has 0 heterocycles. The van der Waals surface area contributed by atoms with Gasteiger partial charge >= 0.3 is 25.7 Å². The van der Waals surface area contributed by atoms with E-state index in [1.807, 2.05) is 24.3 Å². The molecule has 0 saturated heterocycles. The Morgan fingerprint density at radius 3 is 1.65 bits per heavy atom. The van der Waals surface area contributed by atoms with E-state index in [1.165, 1.54) is 51.4 Å². The predicted octanol–water partition coefficient (Wildman–Crippen LogP) is 8.17. The number of hydrogen-bond donors (Lipinski definition) is 5. The molecule has 0 spiro atoms. The molecule has 0 aromatic rings. The van der Waals surface area contributed by atoms with Gasteiger partial charge in [-0.25, -0.2) is 4.57 Å². The van der Waals surface area contributed by atoms with Crippen LogP contribution in [0.25, 0.3) is 0 Å². The normalized spacial score (nSPS) is 15.5. The van der Waals surface area contributed by atoms with Crippen molar-refractivity contribution in [2.75, 3.05) is 19.8 Å². The van der Waals surface area contributed by atoms with Crippen molar-refractivity contribution in [3.8, 4) is 0 Å². The summed E-state index contributed by atoms with van der Waals surface area (Å²) in [7, 11) is -4.78.